The van der Waals surface area contributed by atoms with E-state index in [-0.39, 0.29) is 24.7 Å². The van der Waals surface area contributed by atoms with Gasteiger partial charge < -0.3 is 4.42 Å². The molecule has 0 N–H and O–H groups in total. The molecule has 0 bridgehead atoms. The Morgan fingerprint density at radius 1 is 0.730 bits per heavy atom. The molecule has 0 radical (unpaired) electrons. The van der Waals surface area contributed by atoms with Crippen molar-refractivity contribution in [2.75, 3.05) is 9.80 Å². The lowest BCUT2D eigenvalue weighted by Crippen LogP contribution is -2.33. The highest BCUT2D eigenvalue weighted by atomic mass is 16.3. The molecule has 5 rings (SSSR count). The zero-order chi connectivity index (χ0) is 26.1. The van der Waals surface area contributed by atoms with Gasteiger partial charge in [-0.3, -0.25) is 19.2 Å². The zero-order valence-electron chi connectivity index (χ0n) is 20.7. The molecule has 0 saturated carbocycles. The van der Waals surface area contributed by atoms with E-state index in [9.17, 15) is 19.2 Å². The molecule has 186 valence electrons. The summed E-state index contributed by atoms with van der Waals surface area (Å²) < 4.78 is 5.71. The van der Waals surface area contributed by atoms with E-state index in [0.29, 0.717) is 57.8 Å². The first-order chi connectivity index (χ1) is 18.0. The lowest BCUT2D eigenvalue weighted by atomic mass is 10.0. The zero-order valence-corrected chi connectivity index (χ0v) is 20.7. The van der Waals surface area contributed by atoms with Crippen LogP contribution in [0.4, 0.5) is 11.4 Å². The highest BCUT2D eigenvalue weighted by Gasteiger charge is 2.37. The summed E-state index contributed by atoms with van der Waals surface area (Å²) in [5.74, 6) is -0.927. The summed E-state index contributed by atoms with van der Waals surface area (Å²) in [7, 11) is 0. The van der Waals surface area contributed by atoms with E-state index in [2.05, 4.69) is 0 Å². The standard InChI is InChI=1S/C30H26N2O5/c1-3-9-27(33)31-24-13-7-5-11-20(24)22(29(31)35)17-19-15-16-37-26(19)18-23-21-12-6-8-14-25(21)32(30(23)36)28(34)10-4-2/h5-8,11-18H,3-4,9-10H2,1-2H3/b22-17+,23-18+. The Labute approximate surface area is 214 Å². The number of carbonyl (C=O) groups is 4. The van der Waals surface area contributed by atoms with Gasteiger partial charge in [-0.15, -0.1) is 0 Å². The number of nitrogens with zero attached hydrogens (tertiary/aromatic N) is 2. The van der Waals surface area contributed by atoms with Crippen LogP contribution in [0.3, 0.4) is 0 Å². The Hall–Kier alpha value is -4.52. The van der Waals surface area contributed by atoms with Gasteiger partial charge in [0.05, 0.1) is 28.8 Å². The second kappa shape index (κ2) is 9.85. The Bertz CT molecular complexity index is 1380. The summed E-state index contributed by atoms with van der Waals surface area (Å²) >= 11 is 0. The van der Waals surface area contributed by atoms with Gasteiger partial charge in [-0.2, -0.15) is 0 Å². The van der Waals surface area contributed by atoms with Crippen molar-refractivity contribution in [2.24, 2.45) is 0 Å². The van der Waals surface area contributed by atoms with Crippen LogP contribution in [0.25, 0.3) is 23.3 Å². The van der Waals surface area contributed by atoms with Crippen molar-refractivity contribution in [3.05, 3.63) is 83.3 Å². The van der Waals surface area contributed by atoms with Gasteiger partial charge in [-0.1, -0.05) is 50.2 Å². The molecule has 37 heavy (non-hydrogen) atoms. The molecule has 2 aliphatic heterocycles. The average molecular weight is 495 g/mol. The van der Waals surface area contributed by atoms with Gasteiger partial charge in [-0.05, 0) is 43.2 Å². The van der Waals surface area contributed by atoms with E-state index >= 15 is 0 Å². The molecule has 0 unspecified atom stereocenters. The maximum atomic E-state index is 13.3. The van der Waals surface area contributed by atoms with Gasteiger partial charge in [0.2, 0.25) is 11.8 Å². The number of para-hydroxylation sites is 2. The van der Waals surface area contributed by atoms with Crippen LogP contribution >= 0.6 is 0 Å². The molecule has 1 aromatic heterocycles. The van der Waals surface area contributed by atoms with Crippen LogP contribution in [-0.4, -0.2) is 23.6 Å². The number of fused-ring (bicyclic) bond motifs is 2. The van der Waals surface area contributed by atoms with Crippen LogP contribution in [0, 0.1) is 0 Å². The number of rotatable bonds is 6. The normalized spacial score (nSPS) is 16.6. The number of amides is 4. The summed E-state index contributed by atoms with van der Waals surface area (Å²) in [6, 6.07) is 16.0. The van der Waals surface area contributed by atoms with Crippen LogP contribution < -0.4 is 9.80 Å². The number of imide groups is 2. The third-order valence-corrected chi connectivity index (χ3v) is 6.47. The number of benzene rings is 2. The van der Waals surface area contributed by atoms with Gasteiger partial charge in [0.15, 0.2) is 0 Å². The van der Waals surface area contributed by atoms with Crippen molar-refractivity contribution in [3.8, 4) is 0 Å². The molecule has 7 nitrogen and oxygen atoms in total. The molecule has 7 heteroatoms. The SMILES string of the molecule is CCCC(=O)N1C(=O)/C(=C/c2ccoc2/C=C2/C(=O)N(C(=O)CCC)c3ccccc32)c2ccccc21. The topological polar surface area (TPSA) is 87.9 Å². The minimum Gasteiger partial charge on any atom is -0.464 e. The van der Waals surface area contributed by atoms with Gasteiger partial charge in [0.25, 0.3) is 11.8 Å². The van der Waals surface area contributed by atoms with Crippen LogP contribution in [0.2, 0.25) is 0 Å². The van der Waals surface area contributed by atoms with E-state index in [1.807, 2.05) is 32.0 Å². The van der Waals surface area contributed by atoms with Crippen LogP contribution in [0.5, 0.6) is 0 Å². The number of hydrogen-bond acceptors (Lipinski definition) is 5. The van der Waals surface area contributed by atoms with E-state index in [1.54, 1.807) is 48.6 Å². The van der Waals surface area contributed by atoms with Crippen molar-refractivity contribution in [1.82, 2.24) is 0 Å². The Morgan fingerprint density at radius 2 is 1.22 bits per heavy atom. The van der Waals surface area contributed by atoms with E-state index < -0.39 is 11.8 Å². The maximum absolute atomic E-state index is 13.3. The Kier molecular flexibility index (Phi) is 6.44. The highest BCUT2D eigenvalue weighted by molar-refractivity contribution is 6.43. The molecule has 2 aromatic carbocycles. The maximum Gasteiger partial charge on any atom is 0.265 e. The molecule has 0 aliphatic carbocycles. The minimum atomic E-state index is -0.409. The summed E-state index contributed by atoms with van der Waals surface area (Å²) in [4.78, 5) is 54.6. The van der Waals surface area contributed by atoms with Gasteiger partial charge in [-0.25, -0.2) is 9.80 Å². The first-order valence-corrected chi connectivity index (χ1v) is 12.4. The second-order valence-electron chi connectivity index (χ2n) is 8.96. The van der Waals surface area contributed by atoms with Crippen LogP contribution in [-0.2, 0) is 19.2 Å². The summed E-state index contributed by atoms with van der Waals surface area (Å²) in [5.41, 5.74) is 3.71. The molecular formula is C30H26N2O5. The molecule has 2 aliphatic rings. The third kappa shape index (κ3) is 4.12. The van der Waals surface area contributed by atoms with Gasteiger partial charge in [0.1, 0.15) is 5.76 Å². The van der Waals surface area contributed by atoms with E-state index in [4.69, 9.17) is 4.42 Å². The molecule has 0 atom stereocenters. The average Bonchev–Trinajstić information content (AvgIpc) is 3.53. The largest absolute Gasteiger partial charge is 0.464 e. The number of hydrogen-bond donors (Lipinski definition) is 0. The predicted molar refractivity (Wildman–Crippen MR) is 142 cm³/mol. The van der Waals surface area contributed by atoms with Gasteiger partial charge >= 0.3 is 0 Å². The van der Waals surface area contributed by atoms with Crippen LogP contribution in [0.1, 0.15) is 62.0 Å². The van der Waals surface area contributed by atoms with Crippen molar-refractivity contribution in [2.45, 2.75) is 39.5 Å². The van der Waals surface area contributed by atoms with Crippen LogP contribution in [0.15, 0.2) is 65.3 Å². The number of anilines is 2. The van der Waals surface area contributed by atoms with Gasteiger partial charge in [0, 0.05) is 29.5 Å². The lowest BCUT2D eigenvalue weighted by molar-refractivity contribution is -0.125. The fraction of sp³-hybridized carbons (Fsp3) is 0.200. The monoisotopic (exact) mass is 494 g/mol. The smallest absolute Gasteiger partial charge is 0.265 e. The third-order valence-electron chi connectivity index (χ3n) is 6.47. The molecule has 0 spiro atoms. The first-order valence-electron chi connectivity index (χ1n) is 12.4. The molecule has 4 amide bonds. The Balaban J connectivity index is 1.56. The second-order valence-corrected chi connectivity index (χ2v) is 8.96. The summed E-state index contributed by atoms with van der Waals surface area (Å²) in [5, 5.41) is 0. The van der Waals surface area contributed by atoms with E-state index in [0.717, 1.165) is 0 Å². The molecule has 3 aromatic rings. The number of carbonyl (C=O) groups excluding carboxylic acids is 4. The molecule has 0 fully saturated rings. The fourth-order valence-electron chi connectivity index (χ4n) is 4.76. The predicted octanol–water partition coefficient (Wildman–Crippen LogP) is 5.71. The Morgan fingerprint density at radius 3 is 1.73 bits per heavy atom. The van der Waals surface area contributed by atoms with Crippen molar-refractivity contribution in [3.63, 3.8) is 0 Å². The quantitative estimate of drug-likeness (QED) is 0.410. The summed E-state index contributed by atoms with van der Waals surface area (Å²) in [6.07, 6.45) is 6.57. The van der Waals surface area contributed by atoms with E-state index in [1.165, 1.54) is 16.1 Å². The first kappa shape index (κ1) is 24.2. The van der Waals surface area contributed by atoms with Crippen molar-refractivity contribution in [1.29, 1.82) is 0 Å². The molecule has 3 heterocycles. The van der Waals surface area contributed by atoms with Crippen molar-refractivity contribution >= 4 is 58.3 Å². The molecular weight excluding hydrogens is 468 g/mol. The number of furan rings is 1. The highest BCUT2D eigenvalue weighted by Crippen LogP contribution is 2.41. The summed E-state index contributed by atoms with van der Waals surface area (Å²) in [6.45, 7) is 3.79. The molecule has 0 saturated heterocycles. The minimum absolute atomic E-state index is 0.247. The lowest BCUT2D eigenvalue weighted by Gasteiger charge is -2.14. The fourth-order valence-corrected chi connectivity index (χ4v) is 4.76. The van der Waals surface area contributed by atoms with Crippen molar-refractivity contribution < 1.29 is 23.6 Å².